The Hall–Kier alpha value is -18.5. The Bertz CT molecular complexity index is 11400. The van der Waals surface area contributed by atoms with Crippen LogP contribution in [0.15, 0.2) is 397 Å². The van der Waals surface area contributed by atoms with E-state index in [0.717, 1.165) is 133 Å². The number of pyridine rings is 9. The normalized spacial score (nSPS) is 13.1. The summed E-state index contributed by atoms with van der Waals surface area (Å²) in [4.78, 5) is 7.74. The van der Waals surface area contributed by atoms with Gasteiger partial charge in [0, 0.05) is 227 Å². The largest absolute Gasteiger partial charge is 0.454 e. The van der Waals surface area contributed by atoms with Crippen LogP contribution in [0.2, 0.25) is 0 Å². The smallest absolute Gasteiger partial charge is 0.160 e. The fourth-order valence-corrected chi connectivity index (χ4v) is 31.0. The van der Waals surface area contributed by atoms with Gasteiger partial charge in [0.05, 0.1) is 119 Å². The highest BCUT2D eigenvalue weighted by Crippen LogP contribution is 2.59. The number of rotatable bonds is 0. The van der Waals surface area contributed by atoms with Crippen molar-refractivity contribution in [2.75, 3.05) is 0 Å². The third-order valence-electron chi connectivity index (χ3n) is 32.6. The molecule has 14 nitrogen and oxygen atoms in total. The Morgan fingerprint density at radius 1 is 0.201 bits per heavy atom. The first-order valence-electron chi connectivity index (χ1n) is 49.0. The van der Waals surface area contributed by atoms with Gasteiger partial charge in [0.25, 0.3) is 0 Å². The van der Waals surface area contributed by atoms with E-state index in [1.165, 1.54) is 214 Å². The highest BCUT2D eigenvalue weighted by molar-refractivity contribution is 7.28. The second kappa shape index (κ2) is 26.1. The number of thiophene rings is 3. The average molecular weight is 1890 g/mol. The maximum Gasteiger partial charge on any atom is 0.160 e. The van der Waals surface area contributed by atoms with E-state index in [9.17, 15) is 0 Å². The molecule has 0 saturated heterocycles. The van der Waals surface area contributed by atoms with Crippen LogP contribution >= 0.6 is 34.0 Å². The Balaban J connectivity index is 0.0000000888. The minimum atomic E-state index is 0.870. The SMILES string of the molecule is c1ccc2c(c1)Cc1c-2c2c(c3c4c5ccccc5[nH]c4c4cccn4c3c3c4c5ccccc5[nH]c4c4cccn4c23)n2cccc12.c1ccc2c(c1)oc1c2c2c3c(c4c5ccccc5oc4c4cccn43)c3c(c4c5ccccc5oc4c4cccn43)c2n2cccc12.c1ccc2c(c1)sc1c2c2c3c(c4c5ccccc5sc4c4cccn43)c3c(c4c5ccccc5sc4c4cccn43)c2n2cccc12. The summed E-state index contributed by atoms with van der Waals surface area (Å²) >= 11 is 5.76. The lowest BCUT2D eigenvalue weighted by Crippen LogP contribution is -2.02. The molecule has 0 saturated carbocycles. The van der Waals surface area contributed by atoms with Gasteiger partial charge in [0.2, 0.25) is 0 Å². The molecule has 12 aromatic carbocycles. The molecule has 0 radical (unpaired) electrons. The third-order valence-corrected chi connectivity index (χ3v) is 36.2. The highest BCUT2D eigenvalue weighted by Gasteiger charge is 2.36. The summed E-state index contributed by atoms with van der Waals surface area (Å²) in [5.41, 5.74) is 36.9. The molecular formula is C127H67N11O3S3. The monoisotopic (exact) mass is 1890 g/mol. The molecule has 0 aliphatic heterocycles. The van der Waals surface area contributed by atoms with Crippen molar-refractivity contribution < 1.29 is 13.3 Å². The fraction of sp³-hybridized carbons (Fsp3) is 0.00787. The molecule has 2 N–H and O–H groups in total. The molecule has 39 rings (SSSR count). The summed E-state index contributed by atoms with van der Waals surface area (Å²) in [5.74, 6) is 0. The highest BCUT2D eigenvalue weighted by atomic mass is 32.1. The van der Waals surface area contributed by atoms with Crippen molar-refractivity contribution in [2.24, 2.45) is 0 Å². The van der Waals surface area contributed by atoms with Gasteiger partial charge in [-0.25, -0.2) is 0 Å². The van der Waals surface area contributed by atoms with Crippen LogP contribution in [0.4, 0.5) is 0 Å². The number of nitrogens with zero attached hydrogens (tertiary/aromatic N) is 9. The standard InChI is InChI=1S/C43H25N5.C42H21N3O3.C42H21N3S3/c1-2-11-24-23(10-1)22-27-30-16-7-19-46(30)41-36(33(24)27)42-38(35-26-13-4-6-15-29(26)44-39(35)31-17-8-20-47(31)42)43-37(41)34-25-12-3-5-14-28(25)45-40(34)32-18-9-21-48(32)43;2*1-4-16-28-22(10-1)31-34-37(43-19-7-13-25(43)40(31)46-28)35-32-23-11-2-6-18-30(23)48-42(32)27-15-9-21-45(27)39(35)36-33-24-12-3-5-17-29(24)47-41(33)26-14-8-20-44(26)38(34)36/h1-21,44-45H,22H2;2*1-21H. The molecular weight excluding hydrogens is 1820 g/mol. The zero-order valence-electron chi connectivity index (χ0n) is 76.1. The van der Waals surface area contributed by atoms with Crippen molar-refractivity contribution in [1.82, 2.24) is 49.6 Å². The number of aromatic nitrogens is 11. The number of fused-ring (bicyclic) bond motifs is 81. The molecule has 17 heteroatoms. The number of nitrogens with one attached hydrogen (secondary N) is 2. The minimum absolute atomic E-state index is 0.870. The van der Waals surface area contributed by atoms with Gasteiger partial charge in [-0.3, -0.25) is 0 Å². The molecule has 144 heavy (non-hydrogen) atoms. The molecule has 26 heterocycles. The van der Waals surface area contributed by atoms with Crippen LogP contribution in [0.25, 0.3) is 329 Å². The van der Waals surface area contributed by atoms with Crippen molar-refractivity contribution in [3.8, 4) is 11.1 Å². The van der Waals surface area contributed by atoms with E-state index in [0.29, 0.717) is 0 Å². The van der Waals surface area contributed by atoms with Gasteiger partial charge in [-0.1, -0.05) is 170 Å². The summed E-state index contributed by atoms with van der Waals surface area (Å²) in [6.07, 6.45) is 21.1. The first-order valence-corrected chi connectivity index (χ1v) is 51.5. The molecule has 666 valence electrons. The van der Waals surface area contributed by atoms with Crippen LogP contribution in [0.5, 0.6) is 0 Å². The Labute approximate surface area is 820 Å². The molecule has 38 aromatic rings. The number of furan rings is 3. The quantitative estimate of drug-likeness (QED) is 0.148. The van der Waals surface area contributed by atoms with Crippen LogP contribution in [-0.2, 0) is 6.42 Å². The topological polar surface area (TPSA) is 111 Å². The van der Waals surface area contributed by atoms with Crippen LogP contribution in [0.1, 0.15) is 11.1 Å². The molecule has 0 fully saturated rings. The van der Waals surface area contributed by atoms with E-state index in [1.807, 2.05) is 52.2 Å². The number of aromatic amines is 2. The lowest BCUT2D eigenvalue weighted by atomic mass is 9.91. The maximum atomic E-state index is 6.76. The van der Waals surface area contributed by atoms with Gasteiger partial charge in [-0.05, 0) is 180 Å². The number of hydrogen-bond acceptors (Lipinski definition) is 6. The van der Waals surface area contributed by atoms with Crippen molar-refractivity contribution in [3.05, 3.63) is 394 Å². The first-order chi connectivity index (χ1) is 71.5. The van der Waals surface area contributed by atoms with Gasteiger partial charge in [-0.2, -0.15) is 0 Å². The maximum absolute atomic E-state index is 6.76. The summed E-state index contributed by atoms with van der Waals surface area (Å²) < 4.78 is 50.2. The van der Waals surface area contributed by atoms with Crippen molar-refractivity contribution >= 4 is 352 Å². The van der Waals surface area contributed by atoms with Gasteiger partial charge in [0.15, 0.2) is 16.7 Å². The van der Waals surface area contributed by atoms with Crippen LogP contribution in [0, 0.1) is 0 Å². The number of para-hydroxylation sites is 5. The zero-order valence-corrected chi connectivity index (χ0v) is 78.5. The number of benzene rings is 12. The molecule has 0 spiro atoms. The minimum Gasteiger partial charge on any atom is -0.454 e. The van der Waals surface area contributed by atoms with E-state index in [-0.39, 0.29) is 0 Å². The summed E-state index contributed by atoms with van der Waals surface area (Å²) in [5, 5.41) is 31.0. The average Bonchev–Trinajstić information content (AvgIpc) is 1.44. The molecule has 1 aliphatic carbocycles. The van der Waals surface area contributed by atoms with E-state index in [1.54, 1.807) is 0 Å². The predicted molar refractivity (Wildman–Crippen MR) is 603 cm³/mol. The molecule has 26 aromatic heterocycles. The third kappa shape index (κ3) is 8.81. The van der Waals surface area contributed by atoms with E-state index in [2.05, 4.69) is 415 Å². The number of H-pyrrole nitrogens is 2. The lowest BCUT2D eigenvalue weighted by Gasteiger charge is -2.21. The van der Waals surface area contributed by atoms with Crippen molar-refractivity contribution in [3.63, 3.8) is 0 Å². The second-order valence-corrected chi connectivity index (χ2v) is 42.4. The van der Waals surface area contributed by atoms with E-state index in [4.69, 9.17) is 13.3 Å². The Morgan fingerprint density at radius 3 is 0.840 bits per heavy atom. The first kappa shape index (κ1) is 74.6. The number of hydrogen-bond donors (Lipinski definition) is 2. The van der Waals surface area contributed by atoms with Crippen molar-refractivity contribution in [2.45, 2.75) is 6.42 Å². The predicted octanol–water partition coefficient (Wildman–Crippen LogP) is 35.4. The molecule has 0 atom stereocenters. The summed E-state index contributed by atoms with van der Waals surface area (Å²) in [7, 11) is 0. The van der Waals surface area contributed by atoms with Gasteiger partial charge in [0.1, 0.15) is 16.7 Å². The zero-order chi connectivity index (χ0) is 92.5. The molecule has 0 bridgehead atoms. The van der Waals surface area contributed by atoms with Gasteiger partial charge in [-0.15, -0.1) is 34.0 Å². The van der Waals surface area contributed by atoms with Gasteiger partial charge < -0.3 is 62.8 Å². The van der Waals surface area contributed by atoms with Crippen molar-refractivity contribution in [1.29, 1.82) is 0 Å². The van der Waals surface area contributed by atoms with Crippen LogP contribution < -0.4 is 0 Å². The fourth-order valence-electron chi connectivity index (χ4n) is 27.3. The summed E-state index contributed by atoms with van der Waals surface area (Å²) in [6, 6.07) is 119. The Morgan fingerprint density at radius 2 is 0.465 bits per heavy atom. The molecule has 0 amide bonds. The molecule has 1 aliphatic rings. The van der Waals surface area contributed by atoms with Crippen LogP contribution in [0.3, 0.4) is 0 Å². The van der Waals surface area contributed by atoms with E-state index < -0.39 is 0 Å². The summed E-state index contributed by atoms with van der Waals surface area (Å²) in [6.45, 7) is 0. The van der Waals surface area contributed by atoms with Gasteiger partial charge >= 0.3 is 0 Å². The van der Waals surface area contributed by atoms with Crippen LogP contribution in [-0.4, -0.2) is 49.6 Å². The Kier molecular flexibility index (Phi) is 13.5. The lowest BCUT2D eigenvalue weighted by molar-refractivity contribution is 0.671. The molecule has 0 unspecified atom stereocenters. The second-order valence-electron chi connectivity index (χ2n) is 39.2. The van der Waals surface area contributed by atoms with E-state index >= 15 is 0 Å².